The van der Waals surface area contributed by atoms with Crippen LogP contribution in [0.25, 0.3) is 0 Å². The number of aliphatic hydroxyl groups is 1. The molecule has 3 rings (SSSR count). The maximum absolute atomic E-state index is 12.7. The molecule has 1 aliphatic heterocycles. The molecule has 3 N–H and O–H groups in total. The van der Waals surface area contributed by atoms with Crippen LogP contribution in [0.5, 0.6) is 0 Å². The summed E-state index contributed by atoms with van der Waals surface area (Å²) in [5.74, 6) is -0.803. The smallest absolute Gasteiger partial charge is 0.273 e. The number of nitrogens with zero attached hydrogens (tertiary/aromatic N) is 3. The summed E-state index contributed by atoms with van der Waals surface area (Å²) in [4.78, 5) is 29.5. The summed E-state index contributed by atoms with van der Waals surface area (Å²) in [7, 11) is 0. The lowest BCUT2D eigenvalue weighted by Gasteiger charge is -2.22. The first-order chi connectivity index (χ1) is 14.2. The molecule has 9 nitrogen and oxygen atoms in total. The van der Waals surface area contributed by atoms with Crippen LogP contribution in [0.15, 0.2) is 24.5 Å². The third kappa shape index (κ3) is 5.87. The van der Waals surface area contributed by atoms with E-state index in [1.165, 1.54) is 6.20 Å². The zero-order valence-electron chi connectivity index (χ0n) is 17.6. The number of rotatable bonds is 7. The average Bonchev–Trinajstić information content (AvgIpc) is 3.12. The van der Waals surface area contributed by atoms with Gasteiger partial charge in [0.15, 0.2) is 5.69 Å². The summed E-state index contributed by atoms with van der Waals surface area (Å²) in [6.07, 6.45) is 6.02. The number of carbonyl (C=O) groups is 2. The fraction of sp³-hybridized carbons (Fsp3) is 0.524. The van der Waals surface area contributed by atoms with Gasteiger partial charge in [0.1, 0.15) is 6.23 Å². The summed E-state index contributed by atoms with van der Waals surface area (Å²) in [5, 5.41) is 19.8. The van der Waals surface area contributed by atoms with Gasteiger partial charge in [-0.3, -0.25) is 14.6 Å². The van der Waals surface area contributed by atoms with Crippen LogP contribution in [0.3, 0.4) is 0 Å². The normalized spacial score (nSPS) is 16.9. The lowest BCUT2D eigenvalue weighted by atomic mass is 10.1. The summed E-state index contributed by atoms with van der Waals surface area (Å²) in [6.45, 7) is 6.11. The number of hydrogen-bond acceptors (Lipinski definition) is 6. The standard InChI is InChI=1S/C21H29N5O4/c1-14-7-8-15(12-23-14)19(27)24-16-13-26(17-6-4-5-11-30-17)25-18(16)20(28)22-10-9-21(2,3)29/h7-8,12-13,17,29H,4-6,9-11H2,1-3H3,(H,22,28)(H,24,27). The van der Waals surface area contributed by atoms with Gasteiger partial charge in [-0.05, 0) is 58.6 Å². The van der Waals surface area contributed by atoms with Gasteiger partial charge in [0, 0.05) is 25.0 Å². The van der Waals surface area contributed by atoms with E-state index in [-0.39, 0.29) is 24.4 Å². The first-order valence-electron chi connectivity index (χ1n) is 10.2. The molecule has 0 aromatic carbocycles. The van der Waals surface area contributed by atoms with E-state index < -0.39 is 11.5 Å². The Morgan fingerprint density at radius 3 is 2.73 bits per heavy atom. The van der Waals surface area contributed by atoms with Crippen LogP contribution in [0.2, 0.25) is 0 Å². The molecule has 1 atom stereocenters. The first-order valence-corrected chi connectivity index (χ1v) is 10.2. The number of amides is 2. The van der Waals surface area contributed by atoms with Crippen molar-refractivity contribution in [3.63, 3.8) is 0 Å². The van der Waals surface area contributed by atoms with Crippen LogP contribution in [-0.4, -0.2) is 50.4 Å². The molecule has 30 heavy (non-hydrogen) atoms. The minimum absolute atomic E-state index is 0.105. The van der Waals surface area contributed by atoms with E-state index in [1.807, 2.05) is 6.92 Å². The maximum atomic E-state index is 12.7. The minimum atomic E-state index is -0.891. The molecular formula is C21H29N5O4. The van der Waals surface area contributed by atoms with Gasteiger partial charge < -0.3 is 20.5 Å². The van der Waals surface area contributed by atoms with E-state index in [9.17, 15) is 14.7 Å². The minimum Gasteiger partial charge on any atom is -0.390 e. The molecule has 1 fully saturated rings. The van der Waals surface area contributed by atoms with Crippen LogP contribution in [0.4, 0.5) is 5.69 Å². The number of carbonyl (C=O) groups excluding carboxylic acids is 2. The highest BCUT2D eigenvalue weighted by molar-refractivity contribution is 6.08. The molecule has 9 heteroatoms. The number of anilines is 1. The van der Waals surface area contributed by atoms with Crippen molar-refractivity contribution in [1.29, 1.82) is 0 Å². The fourth-order valence-corrected chi connectivity index (χ4v) is 3.09. The summed E-state index contributed by atoms with van der Waals surface area (Å²) < 4.78 is 7.34. The van der Waals surface area contributed by atoms with Crippen molar-refractivity contribution in [2.45, 2.75) is 58.3 Å². The predicted molar refractivity (Wildman–Crippen MR) is 111 cm³/mol. The Bertz CT molecular complexity index is 880. The number of hydrogen-bond donors (Lipinski definition) is 3. The van der Waals surface area contributed by atoms with Crippen molar-refractivity contribution in [2.24, 2.45) is 0 Å². The van der Waals surface area contributed by atoms with E-state index in [2.05, 4.69) is 20.7 Å². The zero-order valence-corrected chi connectivity index (χ0v) is 17.6. The highest BCUT2D eigenvalue weighted by Gasteiger charge is 2.24. The molecule has 0 bridgehead atoms. The van der Waals surface area contributed by atoms with Crippen LogP contribution in [-0.2, 0) is 4.74 Å². The maximum Gasteiger partial charge on any atom is 0.273 e. The summed E-state index contributed by atoms with van der Waals surface area (Å²) in [6, 6.07) is 3.42. The van der Waals surface area contributed by atoms with E-state index in [0.717, 1.165) is 25.0 Å². The third-order valence-corrected chi connectivity index (χ3v) is 4.84. The van der Waals surface area contributed by atoms with Gasteiger partial charge in [-0.2, -0.15) is 5.10 Å². The number of aromatic nitrogens is 3. The highest BCUT2D eigenvalue weighted by Crippen LogP contribution is 2.25. The van der Waals surface area contributed by atoms with Crippen molar-refractivity contribution in [2.75, 3.05) is 18.5 Å². The van der Waals surface area contributed by atoms with Gasteiger partial charge in [-0.15, -0.1) is 0 Å². The fourth-order valence-electron chi connectivity index (χ4n) is 3.09. The Morgan fingerprint density at radius 2 is 2.10 bits per heavy atom. The number of pyridine rings is 1. The molecule has 1 unspecified atom stereocenters. The zero-order chi connectivity index (χ0) is 21.7. The van der Waals surface area contributed by atoms with E-state index >= 15 is 0 Å². The summed E-state index contributed by atoms with van der Waals surface area (Å²) >= 11 is 0. The lowest BCUT2D eigenvalue weighted by molar-refractivity contribution is -0.0395. The second kappa shape index (κ2) is 9.36. The van der Waals surface area contributed by atoms with Crippen LogP contribution in [0.1, 0.15) is 72.3 Å². The second-order valence-corrected chi connectivity index (χ2v) is 8.15. The van der Waals surface area contributed by atoms with Gasteiger partial charge >= 0.3 is 0 Å². The predicted octanol–water partition coefficient (Wildman–Crippen LogP) is 2.43. The molecule has 0 radical (unpaired) electrons. The Labute approximate surface area is 175 Å². The Hall–Kier alpha value is -2.78. The molecule has 1 aliphatic rings. The largest absolute Gasteiger partial charge is 0.390 e. The van der Waals surface area contributed by atoms with E-state index in [0.29, 0.717) is 24.3 Å². The topological polar surface area (TPSA) is 118 Å². The first kappa shape index (κ1) is 21.9. The van der Waals surface area contributed by atoms with Crippen molar-refractivity contribution in [3.05, 3.63) is 41.5 Å². The Kier molecular flexibility index (Phi) is 6.84. The Balaban J connectivity index is 1.79. The van der Waals surface area contributed by atoms with Crippen LogP contribution in [0, 0.1) is 6.92 Å². The van der Waals surface area contributed by atoms with Crippen LogP contribution >= 0.6 is 0 Å². The van der Waals surface area contributed by atoms with Crippen molar-refractivity contribution in [3.8, 4) is 0 Å². The molecule has 162 valence electrons. The van der Waals surface area contributed by atoms with E-state index in [4.69, 9.17) is 4.74 Å². The molecule has 2 aromatic heterocycles. The molecule has 2 aromatic rings. The SMILES string of the molecule is Cc1ccc(C(=O)Nc2cn(C3CCCCO3)nc2C(=O)NCCC(C)(C)O)cn1. The van der Waals surface area contributed by atoms with Crippen LogP contribution < -0.4 is 10.6 Å². The number of aryl methyl sites for hydroxylation is 1. The summed E-state index contributed by atoms with van der Waals surface area (Å²) in [5.41, 5.74) is 0.707. The van der Waals surface area contributed by atoms with Crippen molar-refractivity contribution < 1.29 is 19.4 Å². The quantitative estimate of drug-likeness (QED) is 0.639. The third-order valence-electron chi connectivity index (χ3n) is 4.84. The van der Waals surface area contributed by atoms with Gasteiger partial charge in [0.05, 0.1) is 23.0 Å². The molecular weight excluding hydrogens is 386 g/mol. The van der Waals surface area contributed by atoms with Crippen molar-refractivity contribution >= 4 is 17.5 Å². The van der Waals surface area contributed by atoms with Gasteiger partial charge in [-0.1, -0.05) is 0 Å². The Morgan fingerprint density at radius 1 is 1.30 bits per heavy atom. The monoisotopic (exact) mass is 415 g/mol. The highest BCUT2D eigenvalue weighted by atomic mass is 16.5. The molecule has 2 amide bonds. The van der Waals surface area contributed by atoms with Gasteiger partial charge in [-0.25, -0.2) is 4.68 Å². The molecule has 0 saturated carbocycles. The van der Waals surface area contributed by atoms with Gasteiger partial charge in [0.2, 0.25) is 0 Å². The number of ether oxygens (including phenoxy) is 1. The lowest BCUT2D eigenvalue weighted by Crippen LogP contribution is -2.31. The molecule has 3 heterocycles. The molecule has 1 saturated heterocycles. The van der Waals surface area contributed by atoms with E-state index in [1.54, 1.807) is 36.9 Å². The van der Waals surface area contributed by atoms with Crippen molar-refractivity contribution in [1.82, 2.24) is 20.1 Å². The molecule has 0 spiro atoms. The number of nitrogens with one attached hydrogen (secondary N) is 2. The van der Waals surface area contributed by atoms with Gasteiger partial charge in [0.25, 0.3) is 11.8 Å². The second-order valence-electron chi connectivity index (χ2n) is 8.15. The average molecular weight is 415 g/mol. The molecule has 0 aliphatic carbocycles.